The number of hydrogen-bond donors (Lipinski definition) is 0. The van der Waals surface area contributed by atoms with Crippen LogP contribution in [-0.4, -0.2) is 66.6 Å². The Morgan fingerprint density at radius 1 is 1.00 bits per heavy atom. The summed E-state index contributed by atoms with van der Waals surface area (Å²) in [7, 11) is -3.74. The van der Waals surface area contributed by atoms with Gasteiger partial charge in [0.1, 0.15) is 0 Å². The molecule has 2 aromatic carbocycles. The van der Waals surface area contributed by atoms with Crippen LogP contribution in [0.4, 0.5) is 0 Å². The van der Waals surface area contributed by atoms with Gasteiger partial charge in [-0.3, -0.25) is 9.59 Å². The second-order valence-electron chi connectivity index (χ2n) is 9.50. The number of nitrogens with zero attached hydrogens (tertiary/aromatic N) is 3. The molecule has 2 amide bonds. The number of sulfonamides is 1. The van der Waals surface area contributed by atoms with E-state index in [0.717, 1.165) is 18.4 Å². The Balaban J connectivity index is 1.51. The Morgan fingerprint density at radius 2 is 1.65 bits per heavy atom. The summed E-state index contributed by atoms with van der Waals surface area (Å²) < 4.78 is 27.9. The standard InChI is InChI=1S/C26H33N3O4S/c1-19(2)22-9-7-21(8-10-22)18-29(24-11-12-24)26(31)23-5-4-6-25(17-23)34(32,33)28-15-13-27(14-16-28)20(3)30/h4-10,17,19,24H,11-16,18H2,1-3H3. The van der Waals surface area contributed by atoms with Crippen molar-refractivity contribution in [3.63, 3.8) is 0 Å². The molecule has 2 fully saturated rings. The third kappa shape index (κ3) is 5.33. The molecule has 0 spiro atoms. The summed E-state index contributed by atoms with van der Waals surface area (Å²) in [5.41, 5.74) is 2.71. The molecule has 1 aliphatic heterocycles. The number of benzene rings is 2. The van der Waals surface area contributed by atoms with Gasteiger partial charge in [-0.25, -0.2) is 8.42 Å². The highest BCUT2D eigenvalue weighted by Crippen LogP contribution is 2.31. The topological polar surface area (TPSA) is 78.0 Å². The third-order valence-corrected chi connectivity index (χ3v) is 8.55. The molecule has 1 aliphatic carbocycles. The van der Waals surface area contributed by atoms with Gasteiger partial charge < -0.3 is 9.80 Å². The van der Waals surface area contributed by atoms with E-state index in [1.807, 2.05) is 4.90 Å². The zero-order valence-electron chi connectivity index (χ0n) is 20.1. The first-order valence-corrected chi connectivity index (χ1v) is 13.4. The van der Waals surface area contributed by atoms with Crippen molar-refractivity contribution in [2.45, 2.75) is 57.0 Å². The monoisotopic (exact) mass is 483 g/mol. The van der Waals surface area contributed by atoms with E-state index < -0.39 is 10.0 Å². The Hall–Kier alpha value is -2.71. The number of piperazine rings is 1. The summed E-state index contributed by atoms with van der Waals surface area (Å²) in [5.74, 6) is 0.253. The van der Waals surface area contributed by atoms with Gasteiger partial charge >= 0.3 is 0 Å². The minimum absolute atomic E-state index is 0.0522. The third-order valence-electron chi connectivity index (χ3n) is 6.65. The van der Waals surface area contributed by atoms with Crippen LogP contribution in [0.2, 0.25) is 0 Å². The number of carbonyl (C=O) groups is 2. The molecule has 7 nitrogen and oxygen atoms in total. The fourth-order valence-corrected chi connectivity index (χ4v) is 5.77. The van der Waals surface area contributed by atoms with Crippen molar-refractivity contribution in [3.8, 4) is 0 Å². The zero-order valence-corrected chi connectivity index (χ0v) is 20.9. The molecule has 8 heteroatoms. The van der Waals surface area contributed by atoms with Crippen LogP contribution in [0.5, 0.6) is 0 Å². The minimum Gasteiger partial charge on any atom is -0.340 e. The fourth-order valence-electron chi connectivity index (χ4n) is 4.31. The Labute approximate surface area is 202 Å². The second kappa shape index (κ2) is 9.88. The summed E-state index contributed by atoms with van der Waals surface area (Å²) in [6.45, 7) is 7.55. The van der Waals surface area contributed by atoms with Gasteiger partial charge in [0.2, 0.25) is 15.9 Å². The van der Waals surface area contributed by atoms with Gasteiger partial charge in [0.25, 0.3) is 5.91 Å². The van der Waals surface area contributed by atoms with Gasteiger partial charge in [-0.15, -0.1) is 0 Å². The minimum atomic E-state index is -3.74. The first-order chi connectivity index (χ1) is 16.2. The maximum Gasteiger partial charge on any atom is 0.254 e. The van der Waals surface area contributed by atoms with Crippen LogP contribution in [0.15, 0.2) is 53.4 Å². The van der Waals surface area contributed by atoms with Gasteiger partial charge in [0.05, 0.1) is 4.90 Å². The van der Waals surface area contributed by atoms with Crippen molar-refractivity contribution in [2.75, 3.05) is 26.2 Å². The van der Waals surface area contributed by atoms with Crippen molar-refractivity contribution in [3.05, 3.63) is 65.2 Å². The molecular formula is C26H33N3O4S. The van der Waals surface area contributed by atoms with E-state index in [1.54, 1.807) is 17.0 Å². The van der Waals surface area contributed by atoms with Crippen LogP contribution in [-0.2, 0) is 21.4 Å². The van der Waals surface area contributed by atoms with Gasteiger partial charge in [0.15, 0.2) is 0 Å². The van der Waals surface area contributed by atoms with Crippen molar-refractivity contribution in [2.24, 2.45) is 0 Å². The molecule has 182 valence electrons. The molecule has 1 saturated heterocycles. The molecule has 0 unspecified atom stereocenters. The predicted octanol–water partition coefficient (Wildman–Crippen LogP) is 3.47. The fraction of sp³-hybridized carbons (Fsp3) is 0.462. The molecule has 0 N–H and O–H groups in total. The van der Waals surface area contributed by atoms with Gasteiger partial charge in [-0.2, -0.15) is 4.31 Å². The van der Waals surface area contributed by atoms with E-state index in [4.69, 9.17) is 0 Å². The summed E-state index contributed by atoms with van der Waals surface area (Å²) in [4.78, 5) is 28.6. The second-order valence-corrected chi connectivity index (χ2v) is 11.4. The summed E-state index contributed by atoms with van der Waals surface area (Å²) in [6.07, 6.45) is 1.93. The Morgan fingerprint density at radius 3 is 2.21 bits per heavy atom. The lowest BCUT2D eigenvalue weighted by atomic mass is 10.0. The largest absolute Gasteiger partial charge is 0.340 e. The normalized spacial score (nSPS) is 17.1. The first-order valence-electron chi connectivity index (χ1n) is 11.9. The van der Waals surface area contributed by atoms with E-state index in [0.29, 0.717) is 31.1 Å². The number of rotatable bonds is 7. The molecule has 1 heterocycles. The lowest BCUT2D eigenvalue weighted by Crippen LogP contribution is -2.49. The van der Waals surface area contributed by atoms with Crippen molar-refractivity contribution in [1.29, 1.82) is 0 Å². The highest BCUT2D eigenvalue weighted by atomic mass is 32.2. The van der Waals surface area contributed by atoms with Crippen LogP contribution < -0.4 is 0 Å². The Bertz CT molecular complexity index is 1150. The van der Waals surface area contributed by atoms with Crippen LogP contribution in [0, 0.1) is 0 Å². The highest BCUT2D eigenvalue weighted by molar-refractivity contribution is 7.89. The zero-order chi connectivity index (χ0) is 24.5. The molecule has 0 aromatic heterocycles. The molecule has 2 aromatic rings. The van der Waals surface area contributed by atoms with Crippen LogP contribution in [0.3, 0.4) is 0 Å². The quantitative estimate of drug-likeness (QED) is 0.604. The maximum absolute atomic E-state index is 13.5. The Kier molecular flexibility index (Phi) is 7.09. The number of carbonyl (C=O) groups excluding carboxylic acids is 2. The molecule has 4 rings (SSSR count). The average Bonchev–Trinajstić information content (AvgIpc) is 3.68. The lowest BCUT2D eigenvalue weighted by molar-refractivity contribution is -0.129. The SMILES string of the molecule is CC(=O)N1CCN(S(=O)(=O)c2cccc(C(=O)N(Cc3ccc(C(C)C)cc3)C3CC3)c2)CC1. The highest BCUT2D eigenvalue weighted by Gasteiger charge is 2.34. The van der Waals surface area contributed by atoms with E-state index in [-0.39, 0.29) is 35.8 Å². The van der Waals surface area contributed by atoms with E-state index in [1.165, 1.54) is 28.9 Å². The average molecular weight is 484 g/mol. The molecule has 0 atom stereocenters. The molecule has 0 bridgehead atoms. The molecule has 1 saturated carbocycles. The first kappa shape index (κ1) is 24.4. The predicted molar refractivity (Wildman–Crippen MR) is 131 cm³/mol. The van der Waals surface area contributed by atoms with Gasteiger partial charge in [-0.05, 0) is 48.1 Å². The van der Waals surface area contributed by atoms with Gasteiger partial charge in [-0.1, -0.05) is 44.2 Å². The van der Waals surface area contributed by atoms with E-state index in [2.05, 4.69) is 38.1 Å². The molecule has 2 aliphatic rings. The van der Waals surface area contributed by atoms with Crippen LogP contribution >= 0.6 is 0 Å². The smallest absolute Gasteiger partial charge is 0.254 e. The molecular weight excluding hydrogens is 450 g/mol. The lowest BCUT2D eigenvalue weighted by Gasteiger charge is -2.33. The van der Waals surface area contributed by atoms with Crippen molar-refractivity contribution < 1.29 is 18.0 Å². The van der Waals surface area contributed by atoms with Crippen molar-refractivity contribution in [1.82, 2.24) is 14.1 Å². The van der Waals surface area contributed by atoms with Gasteiger partial charge in [0, 0.05) is 51.3 Å². The van der Waals surface area contributed by atoms with E-state index in [9.17, 15) is 18.0 Å². The molecule has 34 heavy (non-hydrogen) atoms. The summed E-state index contributed by atoms with van der Waals surface area (Å²) >= 11 is 0. The van der Waals surface area contributed by atoms with Crippen LogP contribution in [0.25, 0.3) is 0 Å². The van der Waals surface area contributed by atoms with E-state index >= 15 is 0 Å². The summed E-state index contributed by atoms with van der Waals surface area (Å²) in [5, 5.41) is 0. The van der Waals surface area contributed by atoms with Crippen molar-refractivity contribution >= 4 is 21.8 Å². The molecule has 0 radical (unpaired) electrons. The number of amides is 2. The maximum atomic E-state index is 13.5. The number of hydrogen-bond acceptors (Lipinski definition) is 4. The summed E-state index contributed by atoms with van der Waals surface area (Å²) in [6, 6.07) is 14.9. The van der Waals surface area contributed by atoms with Crippen LogP contribution in [0.1, 0.15) is 61.0 Å².